The molecule has 0 bridgehead atoms. The molecule has 0 aliphatic rings. The van der Waals surface area contributed by atoms with Gasteiger partial charge in [-0.2, -0.15) is 0 Å². The van der Waals surface area contributed by atoms with E-state index in [0.717, 1.165) is 24.2 Å². The first-order chi connectivity index (χ1) is 9.52. The van der Waals surface area contributed by atoms with E-state index < -0.39 is 11.6 Å². The van der Waals surface area contributed by atoms with Crippen molar-refractivity contribution in [2.75, 3.05) is 6.54 Å². The Kier molecular flexibility index (Phi) is 4.97. The van der Waals surface area contributed by atoms with Gasteiger partial charge in [0.05, 0.1) is 5.02 Å². The smallest absolute Gasteiger partial charge is 0.160 e. The van der Waals surface area contributed by atoms with E-state index in [-0.39, 0.29) is 5.02 Å². The highest BCUT2D eigenvalue weighted by Crippen LogP contribution is 2.35. The first kappa shape index (κ1) is 15.2. The van der Waals surface area contributed by atoms with Crippen LogP contribution in [0.15, 0.2) is 30.3 Å². The first-order valence-electron chi connectivity index (χ1n) is 6.17. The molecule has 0 saturated carbocycles. The summed E-state index contributed by atoms with van der Waals surface area (Å²) in [5.74, 6) is -1.92. The van der Waals surface area contributed by atoms with Crippen LogP contribution in [0.5, 0.6) is 0 Å². The summed E-state index contributed by atoms with van der Waals surface area (Å²) in [4.78, 5) is 0. The van der Waals surface area contributed by atoms with Gasteiger partial charge >= 0.3 is 0 Å². The van der Waals surface area contributed by atoms with Crippen molar-refractivity contribution in [3.8, 4) is 11.1 Å². The highest BCUT2D eigenvalue weighted by Gasteiger charge is 2.13. The molecule has 2 aromatic carbocycles. The second-order valence-corrected chi connectivity index (χ2v) is 5.16. The summed E-state index contributed by atoms with van der Waals surface area (Å²) in [7, 11) is 0. The van der Waals surface area contributed by atoms with Gasteiger partial charge in [-0.25, -0.2) is 8.78 Å². The lowest BCUT2D eigenvalue weighted by atomic mass is 10.0. The summed E-state index contributed by atoms with van der Waals surface area (Å²) < 4.78 is 26.4. The zero-order valence-corrected chi connectivity index (χ0v) is 12.3. The monoisotopic (exact) mass is 315 g/mol. The Hall–Kier alpha value is -1.16. The molecule has 0 fully saturated rings. The van der Waals surface area contributed by atoms with Crippen LogP contribution in [-0.2, 0) is 6.54 Å². The predicted octanol–water partition coefficient (Wildman–Crippen LogP) is 5.05. The van der Waals surface area contributed by atoms with Gasteiger partial charge in [-0.3, -0.25) is 0 Å². The molecule has 1 nitrogen and oxygen atoms in total. The molecule has 20 heavy (non-hydrogen) atoms. The second-order valence-electron chi connectivity index (χ2n) is 4.34. The molecule has 0 saturated heterocycles. The number of hydrogen-bond acceptors (Lipinski definition) is 1. The average molecular weight is 316 g/mol. The molecular weight excluding hydrogens is 303 g/mol. The standard InChI is InChI=1S/C15H13Cl2F2N/c1-2-20-8-9-3-4-10(12(16)5-9)11-6-14(18)15(19)7-13(11)17/h3-7,20H,2,8H2,1H3. The summed E-state index contributed by atoms with van der Waals surface area (Å²) in [6.45, 7) is 3.56. The zero-order chi connectivity index (χ0) is 14.7. The molecule has 0 heterocycles. The number of benzene rings is 2. The van der Waals surface area contributed by atoms with Crippen LogP contribution in [0.25, 0.3) is 11.1 Å². The van der Waals surface area contributed by atoms with E-state index >= 15 is 0 Å². The van der Waals surface area contributed by atoms with Gasteiger partial charge < -0.3 is 5.32 Å². The van der Waals surface area contributed by atoms with Crippen molar-refractivity contribution in [3.63, 3.8) is 0 Å². The van der Waals surface area contributed by atoms with E-state index in [1.165, 1.54) is 0 Å². The van der Waals surface area contributed by atoms with Crippen molar-refractivity contribution >= 4 is 23.2 Å². The van der Waals surface area contributed by atoms with E-state index in [1.54, 1.807) is 12.1 Å². The first-order valence-corrected chi connectivity index (χ1v) is 6.92. The quantitative estimate of drug-likeness (QED) is 0.779. The second kappa shape index (κ2) is 6.53. The van der Waals surface area contributed by atoms with E-state index in [0.29, 0.717) is 22.7 Å². The summed E-state index contributed by atoms with van der Waals surface area (Å²) in [6, 6.07) is 7.43. The molecule has 0 atom stereocenters. The number of rotatable bonds is 4. The van der Waals surface area contributed by atoms with Crippen LogP contribution >= 0.6 is 23.2 Å². The van der Waals surface area contributed by atoms with E-state index in [4.69, 9.17) is 23.2 Å². The van der Waals surface area contributed by atoms with Gasteiger partial charge in [0, 0.05) is 22.7 Å². The fourth-order valence-corrected chi connectivity index (χ4v) is 2.44. The number of nitrogens with one attached hydrogen (secondary N) is 1. The van der Waals surface area contributed by atoms with Crippen molar-refractivity contribution in [1.82, 2.24) is 5.32 Å². The topological polar surface area (TPSA) is 12.0 Å². The lowest BCUT2D eigenvalue weighted by molar-refractivity contribution is 0.509. The van der Waals surface area contributed by atoms with Crippen LogP contribution in [0.3, 0.4) is 0 Å². The van der Waals surface area contributed by atoms with Gasteiger partial charge in [0.15, 0.2) is 11.6 Å². The molecule has 0 amide bonds. The van der Waals surface area contributed by atoms with Crippen LogP contribution in [0, 0.1) is 11.6 Å². The minimum Gasteiger partial charge on any atom is -0.313 e. The minimum atomic E-state index is -0.973. The molecule has 5 heteroatoms. The summed E-state index contributed by atoms with van der Waals surface area (Å²) in [6.07, 6.45) is 0. The van der Waals surface area contributed by atoms with Crippen molar-refractivity contribution in [2.24, 2.45) is 0 Å². The molecule has 0 spiro atoms. The van der Waals surface area contributed by atoms with Gasteiger partial charge in [-0.05, 0) is 30.3 Å². The minimum absolute atomic E-state index is 0.130. The molecule has 0 radical (unpaired) electrons. The maximum absolute atomic E-state index is 13.3. The van der Waals surface area contributed by atoms with Gasteiger partial charge in [0.2, 0.25) is 0 Å². The predicted molar refractivity (Wildman–Crippen MR) is 79.2 cm³/mol. The Morgan fingerprint density at radius 1 is 0.950 bits per heavy atom. The molecule has 0 aliphatic heterocycles. The zero-order valence-electron chi connectivity index (χ0n) is 10.8. The van der Waals surface area contributed by atoms with Gasteiger partial charge in [-0.15, -0.1) is 0 Å². The highest BCUT2D eigenvalue weighted by atomic mass is 35.5. The van der Waals surface area contributed by atoms with Crippen LogP contribution in [0.4, 0.5) is 8.78 Å². The maximum atomic E-state index is 13.3. The van der Waals surface area contributed by atoms with Crippen molar-refractivity contribution in [1.29, 1.82) is 0 Å². The maximum Gasteiger partial charge on any atom is 0.160 e. The van der Waals surface area contributed by atoms with E-state index in [9.17, 15) is 8.78 Å². The van der Waals surface area contributed by atoms with E-state index in [1.807, 2.05) is 13.0 Å². The number of halogens is 4. The molecule has 0 aliphatic carbocycles. The molecule has 106 valence electrons. The summed E-state index contributed by atoms with van der Waals surface area (Å²) >= 11 is 12.2. The van der Waals surface area contributed by atoms with Crippen LogP contribution in [-0.4, -0.2) is 6.54 Å². The van der Waals surface area contributed by atoms with Crippen LogP contribution in [0.1, 0.15) is 12.5 Å². The van der Waals surface area contributed by atoms with E-state index in [2.05, 4.69) is 5.32 Å². The lowest BCUT2D eigenvalue weighted by Gasteiger charge is -2.10. The Bertz CT molecular complexity index is 630. The normalized spacial score (nSPS) is 10.8. The summed E-state index contributed by atoms with van der Waals surface area (Å²) in [5.41, 5.74) is 1.97. The fourth-order valence-electron chi connectivity index (χ4n) is 1.89. The summed E-state index contributed by atoms with van der Waals surface area (Å²) in [5, 5.41) is 3.77. The Labute approximate surface area is 126 Å². The van der Waals surface area contributed by atoms with Gasteiger partial charge in [0.25, 0.3) is 0 Å². The molecule has 2 aromatic rings. The third kappa shape index (κ3) is 3.29. The van der Waals surface area contributed by atoms with Crippen LogP contribution < -0.4 is 5.32 Å². The molecule has 0 aromatic heterocycles. The molecule has 2 rings (SSSR count). The van der Waals surface area contributed by atoms with Gasteiger partial charge in [-0.1, -0.05) is 42.3 Å². The van der Waals surface area contributed by atoms with Crippen molar-refractivity contribution in [3.05, 3.63) is 57.6 Å². The Morgan fingerprint density at radius 2 is 1.60 bits per heavy atom. The SMILES string of the molecule is CCNCc1ccc(-c2cc(F)c(F)cc2Cl)c(Cl)c1. The third-order valence-electron chi connectivity index (χ3n) is 2.91. The largest absolute Gasteiger partial charge is 0.313 e. The van der Waals surface area contributed by atoms with Crippen molar-refractivity contribution < 1.29 is 8.78 Å². The van der Waals surface area contributed by atoms with Gasteiger partial charge in [0.1, 0.15) is 0 Å². The molecular formula is C15H13Cl2F2N. The molecule has 1 N–H and O–H groups in total. The van der Waals surface area contributed by atoms with Crippen LogP contribution in [0.2, 0.25) is 10.0 Å². The fraction of sp³-hybridized carbons (Fsp3) is 0.200. The van der Waals surface area contributed by atoms with Crippen molar-refractivity contribution in [2.45, 2.75) is 13.5 Å². The highest BCUT2D eigenvalue weighted by molar-refractivity contribution is 6.36. The third-order valence-corrected chi connectivity index (χ3v) is 3.54. The number of hydrogen-bond donors (Lipinski definition) is 1. The Morgan fingerprint density at radius 3 is 2.25 bits per heavy atom. The lowest BCUT2D eigenvalue weighted by Crippen LogP contribution is -2.11. The molecule has 0 unspecified atom stereocenters. The Balaban J connectivity index is 2.41. The average Bonchev–Trinajstić information content (AvgIpc) is 2.41.